The molecule has 0 aliphatic carbocycles. The Morgan fingerprint density at radius 3 is 2.52 bits per heavy atom. The number of hydrogen-bond donors (Lipinski definition) is 1. The first kappa shape index (κ1) is 18.7. The van der Waals surface area contributed by atoms with Crippen molar-refractivity contribution in [3.63, 3.8) is 0 Å². The Bertz CT molecular complexity index is 1330. The van der Waals surface area contributed by atoms with Crippen molar-refractivity contribution in [3.8, 4) is 0 Å². The van der Waals surface area contributed by atoms with Crippen molar-refractivity contribution in [3.05, 3.63) is 106 Å². The Balaban J connectivity index is 1.71. The van der Waals surface area contributed by atoms with E-state index in [-0.39, 0.29) is 11.6 Å². The van der Waals surface area contributed by atoms with E-state index in [1.165, 1.54) is 12.1 Å². The molecule has 1 atom stereocenters. The van der Waals surface area contributed by atoms with Crippen molar-refractivity contribution in [2.75, 3.05) is 10.2 Å². The molecule has 5 rings (SSSR count). The van der Waals surface area contributed by atoms with Gasteiger partial charge in [-0.05, 0) is 48.9 Å². The van der Waals surface area contributed by atoms with Crippen molar-refractivity contribution in [2.24, 2.45) is 0 Å². The summed E-state index contributed by atoms with van der Waals surface area (Å²) in [5.74, 6) is -0.159. The fourth-order valence-electron chi connectivity index (χ4n) is 3.94. The number of hydrogen-bond acceptors (Lipinski definition) is 5. The number of aromatic nitrogens is 1. The van der Waals surface area contributed by atoms with Crippen molar-refractivity contribution in [1.82, 2.24) is 4.98 Å². The largest absolute Gasteiger partial charge is 0.360 e. The molecule has 0 saturated heterocycles. The molecule has 4 aromatic rings. The van der Waals surface area contributed by atoms with Crippen LogP contribution in [0.2, 0.25) is 0 Å². The molecule has 7 nitrogen and oxygen atoms in total. The molecule has 0 saturated carbocycles. The van der Waals surface area contributed by atoms with Crippen LogP contribution in [0, 0.1) is 17.0 Å². The first-order valence-corrected chi connectivity index (χ1v) is 9.83. The number of fused-ring (bicyclic) bond motifs is 2. The monoisotopic (exact) mass is 410 g/mol. The Morgan fingerprint density at radius 1 is 0.968 bits per heavy atom. The Hall–Kier alpha value is -4.26. The number of carbonyl (C=O) groups is 1. The Morgan fingerprint density at radius 2 is 1.74 bits per heavy atom. The highest BCUT2D eigenvalue weighted by Crippen LogP contribution is 2.39. The molecule has 1 unspecified atom stereocenters. The van der Waals surface area contributed by atoms with Gasteiger partial charge in [-0.25, -0.2) is 0 Å². The number of nitrogens with zero attached hydrogens (tertiary/aromatic N) is 3. The Kier molecular flexibility index (Phi) is 4.36. The van der Waals surface area contributed by atoms with Crippen LogP contribution in [-0.2, 0) is 0 Å². The van der Waals surface area contributed by atoms with Crippen molar-refractivity contribution in [1.29, 1.82) is 0 Å². The Labute approximate surface area is 178 Å². The summed E-state index contributed by atoms with van der Waals surface area (Å²) in [6.45, 7) is 1.91. The van der Waals surface area contributed by atoms with Gasteiger partial charge in [-0.2, -0.15) is 0 Å². The third-order valence-electron chi connectivity index (χ3n) is 5.44. The molecule has 0 bridgehead atoms. The minimum atomic E-state index is -0.545. The summed E-state index contributed by atoms with van der Waals surface area (Å²) >= 11 is 0. The lowest BCUT2D eigenvalue weighted by Crippen LogP contribution is -2.43. The predicted octanol–water partition coefficient (Wildman–Crippen LogP) is 5.22. The molecule has 0 spiro atoms. The molecule has 0 radical (unpaired) electrons. The molecule has 2 heterocycles. The van der Waals surface area contributed by atoms with Crippen LogP contribution in [0.3, 0.4) is 0 Å². The van der Waals surface area contributed by atoms with Crippen molar-refractivity contribution in [2.45, 2.75) is 13.1 Å². The van der Waals surface area contributed by atoms with Gasteiger partial charge in [-0.1, -0.05) is 30.3 Å². The third-order valence-corrected chi connectivity index (χ3v) is 5.44. The van der Waals surface area contributed by atoms with Gasteiger partial charge in [0.25, 0.3) is 11.6 Å². The third kappa shape index (κ3) is 3.16. The van der Waals surface area contributed by atoms with Gasteiger partial charge in [0.1, 0.15) is 6.17 Å². The number of pyridine rings is 1. The number of nitro benzene ring substituents is 1. The van der Waals surface area contributed by atoms with Crippen LogP contribution in [0.1, 0.15) is 27.8 Å². The minimum Gasteiger partial charge on any atom is -0.360 e. The first-order valence-electron chi connectivity index (χ1n) is 9.83. The summed E-state index contributed by atoms with van der Waals surface area (Å²) in [5, 5.41) is 15.4. The maximum absolute atomic E-state index is 13.7. The molecular weight excluding hydrogens is 392 g/mol. The van der Waals surface area contributed by atoms with Gasteiger partial charge in [0.05, 0.1) is 21.7 Å². The predicted molar refractivity (Wildman–Crippen MR) is 119 cm³/mol. The summed E-state index contributed by atoms with van der Waals surface area (Å²) in [4.78, 5) is 30.7. The zero-order valence-electron chi connectivity index (χ0n) is 16.6. The molecule has 1 aliphatic heterocycles. The van der Waals surface area contributed by atoms with Crippen molar-refractivity contribution < 1.29 is 9.72 Å². The smallest absolute Gasteiger partial charge is 0.269 e. The number of amides is 1. The number of carbonyl (C=O) groups excluding carboxylic acids is 1. The minimum absolute atomic E-state index is 0.000267. The number of rotatable bonds is 3. The van der Waals surface area contributed by atoms with E-state index in [4.69, 9.17) is 4.98 Å². The van der Waals surface area contributed by atoms with E-state index in [9.17, 15) is 14.9 Å². The molecule has 1 aromatic heterocycles. The topological polar surface area (TPSA) is 88.4 Å². The molecule has 1 amide bonds. The second-order valence-electron chi connectivity index (χ2n) is 7.42. The quantitative estimate of drug-likeness (QED) is 0.369. The second kappa shape index (κ2) is 7.21. The van der Waals surface area contributed by atoms with E-state index in [0.717, 1.165) is 27.8 Å². The highest BCUT2D eigenvalue weighted by Gasteiger charge is 2.35. The van der Waals surface area contributed by atoms with Gasteiger partial charge in [-0.3, -0.25) is 24.8 Å². The number of nitro groups is 1. The van der Waals surface area contributed by atoms with Crippen LogP contribution in [0.15, 0.2) is 78.9 Å². The lowest BCUT2D eigenvalue weighted by atomic mass is 10.0. The summed E-state index contributed by atoms with van der Waals surface area (Å²) in [7, 11) is 0. The maximum atomic E-state index is 13.7. The van der Waals surface area contributed by atoms with Gasteiger partial charge in [0, 0.05) is 28.9 Å². The molecule has 7 heteroatoms. The van der Waals surface area contributed by atoms with Gasteiger partial charge in [0.2, 0.25) is 0 Å². The standard InChI is InChI=1S/C24H18N4O3/c1-15-9-10-16-5-4-8-21(22(16)25-15)27-23(17-11-13-18(14-12-17)28(30)31)26-20-7-3-2-6-19(20)24(27)29/h2-14,23,26H,1H3. The van der Waals surface area contributed by atoms with Crippen LogP contribution in [-0.4, -0.2) is 15.8 Å². The normalized spacial score (nSPS) is 15.5. The average molecular weight is 410 g/mol. The van der Waals surface area contributed by atoms with Crippen LogP contribution >= 0.6 is 0 Å². The fraction of sp³-hybridized carbons (Fsp3) is 0.0833. The molecule has 0 fully saturated rings. The second-order valence-corrected chi connectivity index (χ2v) is 7.42. The van der Waals surface area contributed by atoms with E-state index in [1.54, 1.807) is 23.1 Å². The van der Waals surface area contributed by atoms with Gasteiger partial charge >= 0.3 is 0 Å². The van der Waals surface area contributed by atoms with Gasteiger partial charge in [0.15, 0.2) is 0 Å². The van der Waals surface area contributed by atoms with Gasteiger partial charge < -0.3 is 5.32 Å². The van der Waals surface area contributed by atoms with E-state index in [2.05, 4.69) is 5.32 Å². The number of aryl methyl sites for hydroxylation is 1. The summed E-state index contributed by atoms with van der Waals surface area (Å²) in [6.07, 6.45) is -0.545. The van der Waals surface area contributed by atoms with E-state index < -0.39 is 11.1 Å². The van der Waals surface area contributed by atoms with E-state index in [1.807, 2.05) is 55.5 Å². The first-order chi connectivity index (χ1) is 15.0. The lowest BCUT2D eigenvalue weighted by Gasteiger charge is -2.38. The number of benzene rings is 3. The molecule has 3 aromatic carbocycles. The molecule has 1 aliphatic rings. The number of anilines is 2. The lowest BCUT2D eigenvalue weighted by molar-refractivity contribution is -0.384. The SMILES string of the molecule is Cc1ccc2cccc(N3C(=O)c4ccccc4NC3c3ccc([N+](=O)[O-])cc3)c2n1. The average Bonchev–Trinajstić information content (AvgIpc) is 2.79. The van der Waals surface area contributed by atoms with Crippen LogP contribution < -0.4 is 10.2 Å². The number of non-ortho nitro benzene ring substituents is 1. The van der Waals surface area contributed by atoms with E-state index in [0.29, 0.717) is 11.3 Å². The zero-order chi connectivity index (χ0) is 21.5. The summed E-state index contributed by atoms with van der Waals surface area (Å²) in [6, 6.07) is 23.2. The summed E-state index contributed by atoms with van der Waals surface area (Å²) < 4.78 is 0. The van der Waals surface area contributed by atoms with Crippen LogP contribution in [0.4, 0.5) is 17.1 Å². The molecule has 1 N–H and O–H groups in total. The fourth-order valence-corrected chi connectivity index (χ4v) is 3.94. The molecule has 31 heavy (non-hydrogen) atoms. The summed E-state index contributed by atoms with van der Waals surface area (Å²) in [5.41, 5.74) is 4.27. The van der Waals surface area contributed by atoms with E-state index >= 15 is 0 Å². The molecular formula is C24H18N4O3. The van der Waals surface area contributed by atoms with Crippen LogP contribution in [0.5, 0.6) is 0 Å². The van der Waals surface area contributed by atoms with Crippen LogP contribution in [0.25, 0.3) is 10.9 Å². The van der Waals surface area contributed by atoms with Gasteiger partial charge in [-0.15, -0.1) is 0 Å². The number of nitrogens with one attached hydrogen (secondary N) is 1. The zero-order valence-corrected chi connectivity index (χ0v) is 16.6. The van der Waals surface area contributed by atoms with Crippen molar-refractivity contribution >= 4 is 33.9 Å². The number of para-hydroxylation sites is 2. The maximum Gasteiger partial charge on any atom is 0.269 e. The highest BCUT2D eigenvalue weighted by atomic mass is 16.6. The molecule has 152 valence electrons. The highest BCUT2D eigenvalue weighted by molar-refractivity contribution is 6.14.